The normalized spacial score (nSPS) is 11.3. The molecule has 0 spiro atoms. The Hall–Kier alpha value is -3.75. The molecule has 4 nitrogen and oxygen atoms in total. The fourth-order valence-corrected chi connectivity index (χ4v) is 3.78. The van der Waals surface area contributed by atoms with E-state index in [2.05, 4.69) is 21.6 Å². The topological polar surface area (TPSA) is 44.2 Å². The van der Waals surface area contributed by atoms with Gasteiger partial charge < -0.3 is 9.47 Å². The van der Waals surface area contributed by atoms with Gasteiger partial charge in [-0.05, 0) is 54.0 Å². The number of nitrogens with zero attached hydrogens (tertiary/aromatic N) is 2. The molecule has 0 unspecified atom stereocenters. The second-order valence-corrected chi connectivity index (χ2v) is 8.19. The van der Waals surface area contributed by atoms with E-state index in [1.54, 1.807) is 42.7 Å². The van der Waals surface area contributed by atoms with Crippen LogP contribution in [0.4, 0.5) is 22.0 Å². The maximum absolute atomic E-state index is 15.2. The van der Waals surface area contributed by atoms with Crippen molar-refractivity contribution in [1.29, 1.82) is 0 Å². The predicted molar refractivity (Wildman–Crippen MR) is 126 cm³/mol. The molecule has 36 heavy (non-hydrogen) atoms. The van der Waals surface area contributed by atoms with Crippen LogP contribution < -0.4 is 9.47 Å². The second-order valence-electron chi connectivity index (χ2n) is 8.19. The third-order valence-electron chi connectivity index (χ3n) is 5.64. The van der Waals surface area contributed by atoms with E-state index >= 15 is 4.39 Å². The molecule has 0 amide bonds. The highest BCUT2D eigenvalue weighted by Gasteiger charge is 2.17. The highest BCUT2D eigenvalue weighted by Crippen LogP contribution is 2.29. The monoisotopic (exact) mass is 502 g/mol. The van der Waals surface area contributed by atoms with E-state index in [0.29, 0.717) is 40.1 Å². The summed E-state index contributed by atoms with van der Waals surface area (Å²) in [6.07, 6.45) is 5.42. The average molecular weight is 502 g/mol. The first-order valence-electron chi connectivity index (χ1n) is 11.4. The SMILES string of the molecule is CCCCOc1cnc(-c2ccc3c(F)c(CCc4cc(F)c(OC(F)F)c(F)c4)ccc3c2)nc1. The third-order valence-corrected chi connectivity index (χ3v) is 5.64. The number of benzene rings is 3. The van der Waals surface area contributed by atoms with Gasteiger partial charge in [0.1, 0.15) is 5.82 Å². The van der Waals surface area contributed by atoms with Gasteiger partial charge in [0.15, 0.2) is 29.0 Å². The average Bonchev–Trinajstić information content (AvgIpc) is 2.86. The molecule has 0 atom stereocenters. The van der Waals surface area contributed by atoms with Crippen molar-refractivity contribution in [2.24, 2.45) is 0 Å². The van der Waals surface area contributed by atoms with Crippen molar-refractivity contribution in [3.8, 4) is 22.9 Å². The molecule has 0 saturated carbocycles. The van der Waals surface area contributed by atoms with Gasteiger partial charge in [0.2, 0.25) is 0 Å². The molecule has 0 radical (unpaired) electrons. The molecule has 4 aromatic rings. The van der Waals surface area contributed by atoms with Crippen LogP contribution in [-0.4, -0.2) is 23.2 Å². The molecule has 0 saturated heterocycles. The van der Waals surface area contributed by atoms with Crippen LogP contribution in [0, 0.1) is 17.5 Å². The van der Waals surface area contributed by atoms with Gasteiger partial charge in [-0.25, -0.2) is 23.1 Å². The van der Waals surface area contributed by atoms with Gasteiger partial charge in [0, 0.05) is 10.9 Å². The third kappa shape index (κ3) is 5.90. The summed E-state index contributed by atoms with van der Waals surface area (Å²) in [6, 6.07) is 10.3. The largest absolute Gasteiger partial charge is 0.490 e. The van der Waals surface area contributed by atoms with E-state index < -0.39 is 29.8 Å². The van der Waals surface area contributed by atoms with Crippen LogP contribution in [0.2, 0.25) is 0 Å². The summed E-state index contributed by atoms with van der Waals surface area (Å²) in [5.41, 5.74) is 1.27. The Morgan fingerprint density at radius 1 is 0.889 bits per heavy atom. The van der Waals surface area contributed by atoms with E-state index in [1.807, 2.05) is 0 Å². The number of alkyl halides is 2. The van der Waals surface area contributed by atoms with Crippen molar-refractivity contribution in [3.05, 3.63) is 83.4 Å². The van der Waals surface area contributed by atoms with Gasteiger partial charge >= 0.3 is 6.61 Å². The van der Waals surface area contributed by atoms with Crippen molar-refractivity contribution < 1.29 is 31.4 Å². The van der Waals surface area contributed by atoms with E-state index in [1.165, 1.54) is 0 Å². The Balaban J connectivity index is 1.49. The Morgan fingerprint density at radius 2 is 1.61 bits per heavy atom. The van der Waals surface area contributed by atoms with E-state index in [4.69, 9.17) is 4.74 Å². The number of fused-ring (bicyclic) bond motifs is 1. The molecule has 3 aromatic carbocycles. The summed E-state index contributed by atoms with van der Waals surface area (Å²) in [5, 5.41) is 1.03. The van der Waals surface area contributed by atoms with E-state index in [-0.39, 0.29) is 18.4 Å². The molecule has 0 aliphatic rings. The van der Waals surface area contributed by atoms with Crippen LogP contribution in [0.5, 0.6) is 11.5 Å². The van der Waals surface area contributed by atoms with Gasteiger partial charge in [-0.3, -0.25) is 0 Å². The Morgan fingerprint density at radius 3 is 2.28 bits per heavy atom. The number of hydrogen-bond acceptors (Lipinski definition) is 4. The molecule has 0 aliphatic heterocycles. The first-order chi connectivity index (χ1) is 17.4. The fourth-order valence-electron chi connectivity index (χ4n) is 3.78. The first-order valence-corrected chi connectivity index (χ1v) is 11.4. The highest BCUT2D eigenvalue weighted by atomic mass is 19.3. The van der Waals surface area contributed by atoms with Crippen molar-refractivity contribution in [3.63, 3.8) is 0 Å². The highest BCUT2D eigenvalue weighted by molar-refractivity contribution is 5.87. The molecule has 0 aliphatic carbocycles. The maximum atomic E-state index is 15.2. The maximum Gasteiger partial charge on any atom is 0.387 e. The number of unbranched alkanes of at least 4 members (excludes halogenated alkanes) is 1. The standard InChI is InChI=1S/C27H23F5N2O2/c1-2-3-10-35-20-14-33-26(34-15-20)19-8-9-21-18(13-19)7-6-17(24(21)30)5-4-16-11-22(28)25(23(29)12-16)36-27(31)32/h6-9,11-15,27H,2-5,10H2,1H3. The summed E-state index contributed by atoms with van der Waals surface area (Å²) >= 11 is 0. The molecule has 4 rings (SSSR count). The zero-order valence-corrected chi connectivity index (χ0v) is 19.4. The zero-order chi connectivity index (χ0) is 25.7. The predicted octanol–water partition coefficient (Wildman–Crippen LogP) is 7.28. The summed E-state index contributed by atoms with van der Waals surface area (Å²) in [7, 11) is 0. The van der Waals surface area contributed by atoms with Gasteiger partial charge in [0.25, 0.3) is 0 Å². The van der Waals surface area contributed by atoms with Crippen LogP contribution in [0.25, 0.3) is 22.2 Å². The lowest BCUT2D eigenvalue weighted by atomic mass is 9.98. The summed E-state index contributed by atoms with van der Waals surface area (Å²) in [4.78, 5) is 8.66. The number of halogens is 5. The number of aromatic nitrogens is 2. The van der Waals surface area contributed by atoms with Crippen LogP contribution in [0.15, 0.2) is 54.9 Å². The van der Waals surface area contributed by atoms with Crippen molar-refractivity contribution in [2.45, 2.75) is 39.2 Å². The van der Waals surface area contributed by atoms with Gasteiger partial charge in [-0.15, -0.1) is 0 Å². The molecule has 9 heteroatoms. The lowest BCUT2D eigenvalue weighted by Crippen LogP contribution is -2.06. The molecule has 1 heterocycles. The van der Waals surface area contributed by atoms with E-state index in [9.17, 15) is 17.6 Å². The minimum absolute atomic E-state index is 0.101. The number of aryl methyl sites for hydroxylation is 2. The van der Waals surface area contributed by atoms with Crippen molar-refractivity contribution in [2.75, 3.05) is 6.61 Å². The molecule has 1 aromatic heterocycles. The van der Waals surface area contributed by atoms with Crippen LogP contribution >= 0.6 is 0 Å². The number of hydrogen-bond donors (Lipinski definition) is 0. The van der Waals surface area contributed by atoms with Crippen LogP contribution in [0.1, 0.15) is 30.9 Å². The number of rotatable bonds is 10. The Kier molecular flexibility index (Phi) is 7.97. The Labute approximate surface area is 204 Å². The lowest BCUT2D eigenvalue weighted by Gasteiger charge is -2.11. The van der Waals surface area contributed by atoms with Crippen LogP contribution in [0.3, 0.4) is 0 Å². The van der Waals surface area contributed by atoms with E-state index in [0.717, 1.165) is 25.0 Å². The molecule has 188 valence electrons. The molecular weight excluding hydrogens is 479 g/mol. The Bertz CT molecular complexity index is 1320. The smallest absolute Gasteiger partial charge is 0.387 e. The van der Waals surface area contributed by atoms with Gasteiger partial charge in [0.05, 0.1) is 19.0 Å². The van der Waals surface area contributed by atoms with Crippen molar-refractivity contribution in [1.82, 2.24) is 9.97 Å². The van der Waals surface area contributed by atoms with Gasteiger partial charge in [-0.2, -0.15) is 8.78 Å². The second kappa shape index (κ2) is 11.3. The quantitative estimate of drug-likeness (QED) is 0.169. The summed E-state index contributed by atoms with van der Waals surface area (Å²) in [5.74, 6) is -2.99. The lowest BCUT2D eigenvalue weighted by molar-refractivity contribution is -0.0546. The van der Waals surface area contributed by atoms with Gasteiger partial charge in [-0.1, -0.05) is 37.6 Å². The first kappa shape index (κ1) is 25.3. The minimum Gasteiger partial charge on any atom is -0.490 e. The zero-order valence-electron chi connectivity index (χ0n) is 19.4. The summed E-state index contributed by atoms with van der Waals surface area (Å²) < 4.78 is 77.2. The molecular formula is C27H23F5N2O2. The summed E-state index contributed by atoms with van der Waals surface area (Å²) in [6.45, 7) is -0.673. The van der Waals surface area contributed by atoms with Crippen molar-refractivity contribution >= 4 is 10.8 Å². The van der Waals surface area contributed by atoms with Crippen LogP contribution in [-0.2, 0) is 12.8 Å². The fraction of sp³-hybridized carbons (Fsp3) is 0.259. The molecule has 0 N–H and O–H groups in total. The minimum atomic E-state index is -3.34. The number of ether oxygens (including phenoxy) is 2. The molecule has 0 bridgehead atoms. The molecule has 0 fully saturated rings.